The van der Waals surface area contributed by atoms with E-state index in [-0.39, 0.29) is 139 Å². The fourth-order valence-corrected chi connectivity index (χ4v) is 14.7. The number of carbonyl (C=O) groups excluding carboxylic acids is 5. The van der Waals surface area contributed by atoms with Crippen molar-refractivity contribution in [2.45, 2.75) is 89.2 Å². The molecule has 1 saturated heterocycles. The van der Waals surface area contributed by atoms with Crippen LogP contribution < -0.4 is 46.8 Å². The third-order valence-electron chi connectivity index (χ3n) is 16.6. The third kappa shape index (κ3) is 38.6. The molecule has 0 bridgehead atoms. The summed E-state index contributed by atoms with van der Waals surface area (Å²) in [4.78, 5) is 176. The zero-order valence-corrected chi connectivity index (χ0v) is 65.6. The van der Waals surface area contributed by atoms with Crippen molar-refractivity contribution in [3.8, 4) is 5.75 Å². The van der Waals surface area contributed by atoms with Crippen LogP contribution in [-0.4, -0.2) is 324 Å². The maximum absolute atomic E-state index is 13.5. The molecular weight excluding hydrogens is 1520 g/mol. The molecule has 622 valence electrons. The second-order valence-corrected chi connectivity index (χ2v) is 30.9. The van der Waals surface area contributed by atoms with E-state index in [1.807, 2.05) is 6.92 Å². The maximum Gasteiger partial charge on any atom is 0.339 e. The number of hydrogen-bond acceptors (Lipinski definition) is 25. The van der Waals surface area contributed by atoms with Gasteiger partial charge in [0.15, 0.2) is 5.95 Å². The number of amides is 5. The van der Waals surface area contributed by atoms with E-state index < -0.39 is 116 Å². The van der Waals surface area contributed by atoms with Crippen LogP contribution in [0.3, 0.4) is 0 Å². The van der Waals surface area contributed by atoms with Crippen molar-refractivity contribution < 1.29 is 120 Å². The number of benzene rings is 2. The molecule has 2 aromatic heterocycles. The van der Waals surface area contributed by atoms with Crippen molar-refractivity contribution in [2.75, 3.05) is 176 Å². The van der Waals surface area contributed by atoms with E-state index in [9.17, 15) is 105 Å². The molecule has 2 aromatic carbocycles. The van der Waals surface area contributed by atoms with E-state index in [2.05, 4.69) is 46.6 Å². The molecular formula is C67H107N15O26P2S. The molecule has 111 heavy (non-hydrogen) atoms. The number of aromatic nitrogens is 3. The van der Waals surface area contributed by atoms with Crippen molar-refractivity contribution in [3.05, 3.63) is 81.4 Å². The van der Waals surface area contributed by atoms with Gasteiger partial charge < -0.3 is 100 Å². The number of aryl methyl sites for hydroxylation is 3. The molecule has 16 N–H and O–H groups in total. The van der Waals surface area contributed by atoms with Crippen molar-refractivity contribution in [1.82, 2.24) is 70.3 Å². The molecule has 2 atom stereocenters. The maximum atomic E-state index is 13.5. The first-order chi connectivity index (χ1) is 52.4. The molecule has 0 aliphatic carbocycles. The van der Waals surface area contributed by atoms with Gasteiger partial charge in [0.05, 0.1) is 63.0 Å². The number of aliphatic carboxylic acids is 4. The summed E-state index contributed by atoms with van der Waals surface area (Å²) in [6, 6.07) is 5.40. The van der Waals surface area contributed by atoms with Crippen LogP contribution in [0.25, 0.3) is 10.9 Å². The Hall–Kier alpha value is -8.42. The summed E-state index contributed by atoms with van der Waals surface area (Å²) >= 11 is 0. The quantitative estimate of drug-likeness (QED) is 0.0174. The Morgan fingerprint density at radius 3 is 1.75 bits per heavy atom. The number of aromatic amines is 1. The summed E-state index contributed by atoms with van der Waals surface area (Å²) in [5.41, 5.74) is 1.26. The average Bonchev–Trinajstić information content (AvgIpc) is 1.02. The van der Waals surface area contributed by atoms with Crippen LogP contribution in [0.15, 0.2) is 58.6 Å². The Bertz CT molecular complexity index is 3880. The molecule has 0 radical (unpaired) electrons. The fraction of sp³-hybridized carbons (Fsp3) is 0.597. The van der Waals surface area contributed by atoms with Crippen LogP contribution in [-0.2, 0) is 85.3 Å². The lowest BCUT2D eigenvalue weighted by Gasteiger charge is -2.33. The summed E-state index contributed by atoms with van der Waals surface area (Å²) in [6.45, 7) is 7.57. The number of nitrogens with zero attached hydrogens (tertiary/aromatic N) is 7. The van der Waals surface area contributed by atoms with E-state index >= 15 is 0 Å². The number of H-pyrrole nitrogens is 1. The first-order valence-electron chi connectivity index (χ1n) is 35.7. The van der Waals surface area contributed by atoms with Gasteiger partial charge in [-0.25, -0.2) is 13.4 Å². The van der Waals surface area contributed by atoms with Gasteiger partial charge in [-0.2, -0.15) is 4.72 Å². The smallest absolute Gasteiger partial charge is 0.339 e. The number of carboxylic acid groups (broad SMARTS) is 4. The van der Waals surface area contributed by atoms with Gasteiger partial charge >= 0.3 is 39.1 Å². The average molecular weight is 1630 g/mol. The number of pyridine rings is 1. The number of methoxy groups -OCH3 is 1. The Morgan fingerprint density at radius 1 is 0.658 bits per heavy atom. The number of carboxylic acids is 4. The second-order valence-electron chi connectivity index (χ2n) is 26.0. The predicted molar refractivity (Wildman–Crippen MR) is 402 cm³/mol. The predicted octanol–water partition coefficient (Wildman–Crippen LogP) is -1.67. The highest BCUT2D eigenvalue weighted by Gasteiger charge is 2.32. The number of ether oxygens (including phenoxy) is 4. The topological polar surface area (TPSA) is 572 Å². The number of carbonyl (C=O) groups is 9. The standard InChI is InChI=1S/C34H43N7O9S.C33H64N8O17P2/c1-21-15-24(50-14-5-7-29(42)35-10-6-13-49-4)16-22(2)31(21)51(47,48)40-27(33(45)46)19-38-32(44)26-20-41(3)28-17-23(8-9-25(28)30(26)43)18-39-34-36-11-12-37-34;1-2-57-18-19-58-17-5-8-35-33(50)27(6-3-4-7-34-28(42)20-41(25-59(51,52)53)26-60(54,55)56)36-29(43)21-37-9-11-38(22-30(44)45)13-15-40(24-32(48)49)16-14-39(12-10-37)23-31(46)47/h8-9,11-12,15-17,20,27,40H,5-7,10,13-14,18-19H2,1-4H3,(H,35,42)(H,38,44)(H,45,46)(H2,36,37,39);27H,2-26H2,1H3,(H,34,42)(H,35,50)(H,36,43)(H,44,45)(H,46,47)(H,48,49)(H2,51,52,53)(H2,54,55,56)/t2*27-/m01/s1. The van der Waals surface area contributed by atoms with Gasteiger partial charge in [-0.3, -0.25) is 81.6 Å². The lowest BCUT2D eigenvalue weighted by Crippen LogP contribution is -2.52. The molecule has 0 spiro atoms. The summed E-state index contributed by atoms with van der Waals surface area (Å²) in [6.07, 6.45) is 5.13. The van der Waals surface area contributed by atoms with E-state index in [1.54, 1.807) is 82.8 Å². The molecule has 44 heteroatoms. The summed E-state index contributed by atoms with van der Waals surface area (Å²) in [5, 5.41) is 54.8. The molecule has 1 fully saturated rings. The highest BCUT2D eigenvalue weighted by atomic mass is 32.2. The third-order valence-corrected chi connectivity index (χ3v) is 19.9. The number of hydrogen-bond donors (Lipinski definition) is 16. The van der Waals surface area contributed by atoms with Gasteiger partial charge in [0.1, 0.15) is 36.0 Å². The number of sulfonamides is 1. The second kappa shape index (κ2) is 49.2. The largest absolute Gasteiger partial charge is 0.494 e. The number of imidazole rings is 1. The molecule has 41 nitrogen and oxygen atoms in total. The highest BCUT2D eigenvalue weighted by molar-refractivity contribution is 7.89. The minimum absolute atomic E-state index is 0.0292. The zero-order valence-electron chi connectivity index (χ0n) is 63.0. The Morgan fingerprint density at radius 2 is 1.21 bits per heavy atom. The van der Waals surface area contributed by atoms with Crippen LogP contribution in [0.1, 0.15) is 78.9 Å². The molecule has 4 aromatic rings. The SMILES string of the molecule is CCOCCOCCCNC(=O)[C@@H](CCCCNC(=O)CN(CP(=O)(O)O)CP(=O)(O)O)NC(=O)CN1CCN(CC(=O)O)CCN(CC(=O)O)CCN(CC(=O)O)CC1.COCCCNC(=O)CCCOc1cc(C)c(S(=O)(=O)N[C@@H](CNC(=O)c2cn(C)c3cc(CNc4ncc[nH]4)ccc3c2=O)C(=O)O)c(C)c1. The van der Waals surface area contributed by atoms with Crippen LogP contribution in [0, 0.1) is 13.8 Å². The first kappa shape index (κ1) is 95.0. The Balaban J connectivity index is 0.000000473. The lowest BCUT2D eigenvalue weighted by atomic mass is 10.1. The molecule has 1 aliphatic rings. The zero-order chi connectivity index (χ0) is 82.3. The molecule has 3 heterocycles. The van der Waals surface area contributed by atoms with Gasteiger partial charge in [-0.05, 0) is 100 Å². The number of anilines is 1. The number of rotatable bonds is 48. The fourth-order valence-electron chi connectivity index (χ4n) is 11.4. The van der Waals surface area contributed by atoms with Crippen molar-refractivity contribution in [2.24, 2.45) is 7.05 Å². The van der Waals surface area contributed by atoms with E-state index in [0.29, 0.717) is 105 Å². The summed E-state index contributed by atoms with van der Waals surface area (Å²) in [5.74, 6) is -6.59. The van der Waals surface area contributed by atoms with Crippen LogP contribution in [0.4, 0.5) is 5.95 Å². The molecule has 1 aliphatic heterocycles. The van der Waals surface area contributed by atoms with Crippen LogP contribution in [0.2, 0.25) is 0 Å². The monoisotopic (exact) mass is 1630 g/mol. The molecule has 0 saturated carbocycles. The number of nitrogens with one attached hydrogen (secondary N) is 8. The van der Waals surface area contributed by atoms with Gasteiger partial charge in [0.2, 0.25) is 39.1 Å². The Kier molecular flexibility index (Phi) is 42.1. The van der Waals surface area contributed by atoms with Crippen molar-refractivity contribution in [3.63, 3.8) is 0 Å². The number of unbranched alkanes of at least 4 members (excludes halogenated alkanes) is 1. The van der Waals surface area contributed by atoms with E-state index in [4.69, 9.17) is 18.9 Å². The van der Waals surface area contributed by atoms with Crippen LogP contribution >= 0.6 is 15.2 Å². The van der Waals surface area contributed by atoms with E-state index in [0.717, 1.165) is 5.56 Å². The molecule has 5 rings (SSSR count). The van der Waals surface area contributed by atoms with Crippen molar-refractivity contribution in [1.29, 1.82) is 0 Å². The minimum Gasteiger partial charge on any atom is -0.494 e. The van der Waals surface area contributed by atoms with Gasteiger partial charge in [0, 0.05) is 149 Å². The lowest BCUT2D eigenvalue weighted by molar-refractivity contribution is -0.140. The van der Waals surface area contributed by atoms with E-state index in [1.165, 1.54) is 18.3 Å². The van der Waals surface area contributed by atoms with Crippen molar-refractivity contribution >= 4 is 95.5 Å². The minimum atomic E-state index is -4.75. The molecule has 0 unspecified atom stereocenters. The van der Waals surface area contributed by atoms with Gasteiger partial charge in [0.25, 0.3) is 5.91 Å². The Labute approximate surface area is 642 Å². The van der Waals surface area contributed by atoms with Crippen LogP contribution in [0.5, 0.6) is 5.75 Å². The summed E-state index contributed by atoms with van der Waals surface area (Å²) in [7, 11) is -10.6. The van der Waals surface area contributed by atoms with Gasteiger partial charge in [-0.1, -0.05) is 6.07 Å². The summed E-state index contributed by atoms with van der Waals surface area (Å²) < 4.78 is 74.8. The van der Waals surface area contributed by atoms with Gasteiger partial charge in [-0.15, -0.1) is 0 Å². The normalized spacial score (nSPS) is 14.4. The highest BCUT2D eigenvalue weighted by Crippen LogP contribution is 2.40. The number of fused-ring (bicyclic) bond motifs is 1. The first-order valence-corrected chi connectivity index (χ1v) is 40.8. The molecule has 5 amide bonds.